The minimum absolute atomic E-state index is 0. The summed E-state index contributed by atoms with van der Waals surface area (Å²) in [6, 6.07) is 5.46. The van der Waals surface area contributed by atoms with Gasteiger partial charge in [-0.1, -0.05) is 29.3 Å². The average molecular weight is 526 g/mol. The SMILES string of the molecule is CN=C(NCc1ccc(Cl)cc1Cl)NCc1c(C)nn(CCOC)c1C.I. The van der Waals surface area contributed by atoms with Crippen molar-refractivity contribution in [3.8, 4) is 0 Å². The van der Waals surface area contributed by atoms with Crippen LogP contribution in [0.4, 0.5) is 0 Å². The fourth-order valence-electron chi connectivity index (χ4n) is 2.62. The summed E-state index contributed by atoms with van der Waals surface area (Å²) in [6.45, 7) is 6.65. The highest BCUT2D eigenvalue weighted by molar-refractivity contribution is 14.0. The van der Waals surface area contributed by atoms with Gasteiger partial charge in [-0.3, -0.25) is 9.67 Å². The quantitative estimate of drug-likeness (QED) is 0.326. The van der Waals surface area contributed by atoms with E-state index in [4.69, 9.17) is 27.9 Å². The zero-order chi connectivity index (χ0) is 19.1. The Morgan fingerprint density at radius 3 is 2.56 bits per heavy atom. The smallest absolute Gasteiger partial charge is 0.191 e. The topological polar surface area (TPSA) is 63.5 Å². The van der Waals surface area contributed by atoms with Gasteiger partial charge in [-0.15, -0.1) is 24.0 Å². The first kappa shape index (κ1) is 24.0. The van der Waals surface area contributed by atoms with Crippen molar-refractivity contribution in [2.75, 3.05) is 20.8 Å². The molecule has 0 aliphatic carbocycles. The summed E-state index contributed by atoms with van der Waals surface area (Å²) in [4.78, 5) is 4.26. The minimum atomic E-state index is 0. The summed E-state index contributed by atoms with van der Waals surface area (Å²) in [6.07, 6.45) is 0. The van der Waals surface area contributed by atoms with E-state index in [0.717, 1.165) is 29.1 Å². The molecule has 0 spiro atoms. The minimum Gasteiger partial charge on any atom is -0.383 e. The van der Waals surface area contributed by atoms with Gasteiger partial charge in [-0.2, -0.15) is 5.10 Å². The van der Waals surface area contributed by atoms with Gasteiger partial charge in [-0.05, 0) is 31.5 Å². The Labute approximate surface area is 187 Å². The largest absolute Gasteiger partial charge is 0.383 e. The molecule has 6 nitrogen and oxygen atoms in total. The van der Waals surface area contributed by atoms with Crippen LogP contribution in [-0.2, 0) is 24.4 Å². The average Bonchev–Trinajstić information content (AvgIpc) is 2.88. The number of nitrogens with zero attached hydrogens (tertiary/aromatic N) is 3. The van der Waals surface area contributed by atoms with Crippen LogP contribution in [0, 0.1) is 13.8 Å². The van der Waals surface area contributed by atoms with E-state index in [1.165, 1.54) is 0 Å². The Morgan fingerprint density at radius 1 is 1.22 bits per heavy atom. The van der Waals surface area contributed by atoms with E-state index >= 15 is 0 Å². The molecule has 0 amide bonds. The molecule has 150 valence electrons. The van der Waals surface area contributed by atoms with Gasteiger partial charge in [-0.25, -0.2) is 0 Å². The molecular formula is C18H26Cl2IN5O. The molecule has 0 atom stereocenters. The van der Waals surface area contributed by atoms with Crippen LogP contribution < -0.4 is 10.6 Å². The summed E-state index contributed by atoms with van der Waals surface area (Å²) in [5.74, 6) is 0.694. The predicted molar refractivity (Wildman–Crippen MR) is 122 cm³/mol. The molecule has 1 aromatic carbocycles. The van der Waals surface area contributed by atoms with E-state index in [1.54, 1.807) is 20.2 Å². The van der Waals surface area contributed by atoms with Gasteiger partial charge in [0, 0.05) is 48.5 Å². The number of halogens is 3. The van der Waals surface area contributed by atoms with Crippen LogP contribution in [0.2, 0.25) is 10.0 Å². The molecule has 0 fully saturated rings. The van der Waals surface area contributed by atoms with Crippen molar-refractivity contribution in [1.29, 1.82) is 0 Å². The molecule has 0 aliphatic rings. The van der Waals surface area contributed by atoms with Crippen LogP contribution in [0.1, 0.15) is 22.5 Å². The summed E-state index contributed by atoms with van der Waals surface area (Å²) >= 11 is 12.1. The van der Waals surface area contributed by atoms with Crippen molar-refractivity contribution in [3.63, 3.8) is 0 Å². The Balaban J connectivity index is 0.00000364. The van der Waals surface area contributed by atoms with Crippen molar-refractivity contribution in [2.24, 2.45) is 4.99 Å². The maximum atomic E-state index is 6.21. The monoisotopic (exact) mass is 525 g/mol. The first-order valence-corrected chi connectivity index (χ1v) is 9.12. The summed E-state index contributed by atoms with van der Waals surface area (Å²) < 4.78 is 7.10. The molecule has 0 saturated carbocycles. The fourth-order valence-corrected chi connectivity index (χ4v) is 3.10. The predicted octanol–water partition coefficient (Wildman–Crippen LogP) is 3.94. The number of methoxy groups -OCH3 is 1. The maximum absolute atomic E-state index is 6.21. The number of nitrogens with one attached hydrogen (secondary N) is 2. The Bertz CT molecular complexity index is 779. The number of guanidine groups is 1. The van der Waals surface area contributed by atoms with Crippen molar-refractivity contribution in [1.82, 2.24) is 20.4 Å². The molecule has 1 heterocycles. The molecule has 0 radical (unpaired) electrons. The van der Waals surface area contributed by atoms with E-state index in [2.05, 4.69) is 27.6 Å². The Hall–Kier alpha value is -1.03. The number of aromatic nitrogens is 2. The van der Waals surface area contributed by atoms with E-state index in [1.807, 2.05) is 23.7 Å². The lowest BCUT2D eigenvalue weighted by molar-refractivity contribution is 0.182. The van der Waals surface area contributed by atoms with Gasteiger partial charge in [0.2, 0.25) is 0 Å². The third kappa shape index (κ3) is 6.81. The molecule has 0 aliphatic heterocycles. The number of rotatable bonds is 7. The molecule has 2 aromatic rings. The highest BCUT2D eigenvalue weighted by Crippen LogP contribution is 2.20. The van der Waals surface area contributed by atoms with Gasteiger partial charge in [0.25, 0.3) is 0 Å². The van der Waals surface area contributed by atoms with Gasteiger partial charge in [0.1, 0.15) is 0 Å². The molecular weight excluding hydrogens is 500 g/mol. The number of aryl methyl sites for hydroxylation is 1. The van der Waals surface area contributed by atoms with Crippen LogP contribution in [-0.4, -0.2) is 36.5 Å². The van der Waals surface area contributed by atoms with Crippen LogP contribution >= 0.6 is 47.2 Å². The zero-order valence-electron chi connectivity index (χ0n) is 16.0. The molecule has 9 heteroatoms. The van der Waals surface area contributed by atoms with Crippen LogP contribution in [0.15, 0.2) is 23.2 Å². The van der Waals surface area contributed by atoms with Crippen molar-refractivity contribution < 1.29 is 4.74 Å². The zero-order valence-corrected chi connectivity index (χ0v) is 19.8. The number of aliphatic imine (C=N–C) groups is 1. The lowest BCUT2D eigenvalue weighted by Gasteiger charge is -2.13. The first-order chi connectivity index (χ1) is 12.5. The number of hydrogen-bond acceptors (Lipinski definition) is 3. The van der Waals surface area contributed by atoms with Crippen molar-refractivity contribution in [3.05, 3.63) is 50.8 Å². The fraction of sp³-hybridized carbons (Fsp3) is 0.444. The molecule has 2 N–H and O–H groups in total. The Morgan fingerprint density at radius 2 is 1.93 bits per heavy atom. The lowest BCUT2D eigenvalue weighted by Crippen LogP contribution is -2.36. The number of benzene rings is 1. The molecule has 0 bridgehead atoms. The molecule has 27 heavy (non-hydrogen) atoms. The second-order valence-electron chi connectivity index (χ2n) is 5.88. The van der Waals surface area contributed by atoms with Crippen molar-refractivity contribution >= 4 is 53.1 Å². The van der Waals surface area contributed by atoms with Gasteiger partial charge >= 0.3 is 0 Å². The highest BCUT2D eigenvalue weighted by atomic mass is 127. The van der Waals surface area contributed by atoms with Gasteiger partial charge in [0.15, 0.2) is 5.96 Å². The van der Waals surface area contributed by atoms with E-state index in [-0.39, 0.29) is 24.0 Å². The summed E-state index contributed by atoms with van der Waals surface area (Å²) in [5, 5.41) is 12.4. The molecule has 1 aromatic heterocycles. The lowest BCUT2D eigenvalue weighted by atomic mass is 10.2. The van der Waals surface area contributed by atoms with Crippen LogP contribution in [0.5, 0.6) is 0 Å². The molecule has 0 saturated heterocycles. The second-order valence-corrected chi connectivity index (χ2v) is 6.72. The normalized spacial score (nSPS) is 11.3. The highest BCUT2D eigenvalue weighted by Gasteiger charge is 2.12. The summed E-state index contributed by atoms with van der Waals surface area (Å²) in [5.41, 5.74) is 4.25. The van der Waals surface area contributed by atoms with Crippen LogP contribution in [0.25, 0.3) is 0 Å². The third-order valence-corrected chi connectivity index (χ3v) is 4.74. The maximum Gasteiger partial charge on any atom is 0.191 e. The first-order valence-electron chi connectivity index (χ1n) is 8.36. The molecule has 0 unspecified atom stereocenters. The van der Waals surface area contributed by atoms with E-state index in [0.29, 0.717) is 35.7 Å². The van der Waals surface area contributed by atoms with E-state index < -0.39 is 0 Å². The van der Waals surface area contributed by atoms with E-state index in [9.17, 15) is 0 Å². The standard InChI is InChI=1S/C18H25Cl2N5O.HI/c1-12-16(13(2)25(24-12)7-8-26-4)11-23-18(21-3)22-10-14-5-6-15(19)9-17(14)20;/h5-6,9H,7-8,10-11H2,1-4H3,(H2,21,22,23);1H. The van der Waals surface area contributed by atoms with Crippen molar-refractivity contribution in [2.45, 2.75) is 33.5 Å². The second kappa shape index (κ2) is 11.7. The number of ether oxygens (including phenoxy) is 1. The Kier molecular flexibility index (Phi) is 10.4. The van der Waals surface area contributed by atoms with Gasteiger partial charge in [0.05, 0.1) is 18.8 Å². The number of hydrogen-bond donors (Lipinski definition) is 2. The summed E-state index contributed by atoms with van der Waals surface area (Å²) in [7, 11) is 3.43. The van der Waals surface area contributed by atoms with Crippen LogP contribution in [0.3, 0.4) is 0 Å². The third-order valence-electron chi connectivity index (χ3n) is 4.16. The molecule has 2 rings (SSSR count). The van der Waals surface area contributed by atoms with Gasteiger partial charge < -0.3 is 15.4 Å².